The number of rotatable bonds is 8. The highest BCUT2D eigenvalue weighted by Gasteiger charge is 2.21. The van der Waals surface area contributed by atoms with Crippen LogP contribution in [0.2, 0.25) is 0 Å². The Morgan fingerprint density at radius 1 is 1.13 bits per heavy atom. The topological polar surface area (TPSA) is 74.6 Å². The van der Waals surface area contributed by atoms with E-state index in [4.69, 9.17) is 10.2 Å². The van der Waals surface area contributed by atoms with Gasteiger partial charge in [0.25, 0.3) is 0 Å². The molecule has 0 saturated carbocycles. The summed E-state index contributed by atoms with van der Waals surface area (Å²) in [5.41, 5.74) is 0. The minimum absolute atomic E-state index is 0.747. The van der Waals surface area contributed by atoms with Crippen LogP contribution >= 0.6 is 0 Å². The summed E-state index contributed by atoms with van der Waals surface area (Å²) in [7, 11) is 0. The molecule has 0 fully saturated rings. The first-order valence-electron chi connectivity index (χ1n) is 5.21. The van der Waals surface area contributed by atoms with Crippen LogP contribution in [0.4, 0.5) is 0 Å². The zero-order chi connectivity index (χ0) is 11.7. The van der Waals surface area contributed by atoms with Crippen LogP contribution in [0, 0.1) is 5.92 Å². The SMILES string of the molecule is CCCCCC/C=C/C(C(=O)O)C(=O)O. The molecule has 0 spiro atoms. The van der Waals surface area contributed by atoms with E-state index in [0.29, 0.717) is 0 Å². The molecule has 0 aliphatic heterocycles. The summed E-state index contributed by atoms with van der Waals surface area (Å²) >= 11 is 0. The molecule has 0 radical (unpaired) electrons. The third kappa shape index (κ3) is 6.71. The van der Waals surface area contributed by atoms with Crippen LogP contribution in [0.5, 0.6) is 0 Å². The summed E-state index contributed by atoms with van der Waals surface area (Å²) in [4.78, 5) is 21.0. The highest BCUT2D eigenvalue weighted by Crippen LogP contribution is 2.05. The molecule has 0 aliphatic rings. The smallest absolute Gasteiger partial charge is 0.321 e. The molecular weight excluding hydrogens is 196 g/mol. The molecule has 0 saturated heterocycles. The molecule has 0 atom stereocenters. The molecule has 0 unspecified atom stereocenters. The molecule has 4 heteroatoms. The number of unbranched alkanes of at least 4 members (excludes halogenated alkanes) is 4. The average Bonchev–Trinajstić information content (AvgIpc) is 2.15. The summed E-state index contributed by atoms with van der Waals surface area (Å²) in [5.74, 6) is -4.03. The lowest BCUT2D eigenvalue weighted by molar-refractivity contribution is -0.151. The van der Waals surface area contributed by atoms with Crippen LogP contribution in [-0.2, 0) is 9.59 Å². The number of hydrogen-bond donors (Lipinski definition) is 2. The van der Waals surface area contributed by atoms with Gasteiger partial charge in [-0.15, -0.1) is 0 Å². The zero-order valence-electron chi connectivity index (χ0n) is 8.98. The van der Waals surface area contributed by atoms with Crippen molar-refractivity contribution in [2.75, 3.05) is 0 Å². The lowest BCUT2D eigenvalue weighted by atomic mass is 10.1. The first-order valence-corrected chi connectivity index (χ1v) is 5.21. The van der Waals surface area contributed by atoms with Crippen LogP contribution < -0.4 is 0 Å². The van der Waals surface area contributed by atoms with E-state index in [-0.39, 0.29) is 0 Å². The van der Waals surface area contributed by atoms with Crippen LogP contribution in [0.25, 0.3) is 0 Å². The van der Waals surface area contributed by atoms with Crippen molar-refractivity contribution in [1.82, 2.24) is 0 Å². The molecule has 0 heterocycles. The van der Waals surface area contributed by atoms with Crippen LogP contribution in [0.15, 0.2) is 12.2 Å². The number of hydrogen-bond acceptors (Lipinski definition) is 2. The second-order valence-electron chi connectivity index (χ2n) is 3.43. The monoisotopic (exact) mass is 214 g/mol. The van der Waals surface area contributed by atoms with Gasteiger partial charge in [0.1, 0.15) is 0 Å². The third-order valence-corrected chi connectivity index (χ3v) is 2.08. The summed E-state index contributed by atoms with van der Waals surface area (Å²) in [6.07, 6.45) is 8.03. The minimum Gasteiger partial charge on any atom is -0.480 e. The number of carbonyl (C=O) groups is 2. The van der Waals surface area contributed by atoms with Crippen molar-refractivity contribution >= 4 is 11.9 Å². The fourth-order valence-corrected chi connectivity index (χ4v) is 1.19. The highest BCUT2D eigenvalue weighted by molar-refractivity contribution is 5.94. The third-order valence-electron chi connectivity index (χ3n) is 2.08. The number of carboxylic acid groups (broad SMARTS) is 2. The van der Waals surface area contributed by atoms with Gasteiger partial charge in [0.05, 0.1) is 0 Å². The summed E-state index contributed by atoms with van der Waals surface area (Å²) in [6.45, 7) is 2.11. The molecule has 0 bridgehead atoms. The van der Waals surface area contributed by atoms with Gasteiger partial charge in [0.15, 0.2) is 5.92 Å². The molecule has 86 valence electrons. The van der Waals surface area contributed by atoms with E-state index in [0.717, 1.165) is 32.1 Å². The quantitative estimate of drug-likeness (QED) is 0.369. The molecule has 15 heavy (non-hydrogen) atoms. The maximum Gasteiger partial charge on any atom is 0.321 e. The van der Waals surface area contributed by atoms with Crippen molar-refractivity contribution in [1.29, 1.82) is 0 Å². The number of aliphatic carboxylic acids is 2. The van der Waals surface area contributed by atoms with Gasteiger partial charge in [0, 0.05) is 0 Å². The average molecular weight is 214 g/mol. The van der Waals surface area contributed by atoms with Crippen LogP contribution in [0.3, 0.4) is 0 Å². The van der Waals surface area contributed by atoms with Crippen molar-refractivity contribution in [3.8, 4) is 0 Å². The highest BCUT2D eigenvalue weighted by atomic mass is 16.4. The van der Waals surface area contributed by atoms with E-state index >= 15 is 0 Å². The Labute approximate surface area is 89.6 Å². The van der Waals surface area contributed by atoms with Crippen molar-refractivity contribution in [2.45, 2.75) is 39.0 Å². The Bertz CT molecular complexity index is 219. The Balaban J connectivity index is 3.81. The van der Waals surface area contributed by atoms with E-state index in [1.807, 2.05) is 0 Å². The molecule has 0 aromatic carbocycles. The molecule has 0 aromatic heterocycles. The predicted octanol–water partition coefficient (Wildman–Crippen LogP) is 2.30. The van der Waals surface area contributed by atoms with Gasteiger partial charge >= 0.3 is 11.9 Å². The Kier molecular flexibility index (Phi) is 7.32. The van der Waals surface area contributed by atoms with Gasteiger partial charge in [-0.1, -0.05) is 38.3 Å². The largest absolute Gasteiger partial charge is 0.480 e. The van der Waals surface area contributed by atoms with Gasteiger partial charge in [-0.3, -0.25) is 9.59 Å². The maximum atomic E-state index is 10.5. The van der Waals surface area contributed by atoms with Crippen molar-refractivity contribution in [3.63, 3.8) is 0 Å². The first kappa shape index (κ1) is 13.7. The maximum absolute atomic E-state index is 10.5. The van der Waals surface area contributed by atoms with Gasteiger partial charge in [-0.2, -0.15) is 0 Å². The van der Waals surface area contributed by atoms with E-state index in [9.17, 15) is 9.59 Å². The standard InChI is InChI=1S/C11H18O4/c1-2-3-4-5-6-7-8-9(10(12)13)11(14)15/h7-9H,2-6H2,1H3,(H,12,13)(H,14,15)/b8-7+. The van der Waals surface area contributed by atoms with E-state index in [1.54, 1.807) is 6.08 Å². The van der Waals surface area contributed by atoms with Crippen LogP contribution in [0.1, 0.15) is 39.0 Å². The minimum atomic E-state index is -1.41. The molecule has 0 aliphatic carbocycles. The fourth-order valence-electron chi connectivity index (χ4n) is 1.19. The second kappa shape index (κ2) is 8.03. The molecule has 0 amide bonds. The molecule has 0 rings (SSSR count). The van der Waals surface area contributed by atoms with Gasteiger partial charge in [-0.25, -0.2) is 0 Å². The number of allylic oxidation sites excluding steroid dienone is 1. The fraction of sp³-hybridized carbons (Fsp3) is 0.636. The molecular formula is C11H18O4. The Morgan fingerprint density at radius 2 is 1.73 bits per heavy atom. The van der Waals surface area contributed by atoms with E-state index < -0.39 is 17.9 Å². The first-order chi connectivity index (χ1) is 7.09. The number of carboxylic acids is 2. The van der Waals surface area contributed by atoms with Gasteiger partial charge in [0.2, 0.25) is 0 Å². The van der Waals surface area contributed by atoms with E-state index in [1.165, 1.54) is 6.08 Å². The summed E-state index contributed by atoms with van der Waals surface area (Å²) in [6, 6.07) is 0. The molecule has 2 N–H and O–H groups in total. The summed E-state index contributed by atoms with van der Waals surface area (Å²) in [5, 5.41) is 17.1. The second-order valence-corrected chi connectivity index (χ2v) is 3.43. The molecule has 0 aromatic rings. The lowest BCUT2D eigenvalue weighted by Gasteiger charge is -2.00. The van der Waals surface area contributed by atoms with Crippen molar-refractivity contribution in [3.05, 3.63) is 12.2 Å². The summed E-state index contributed by atoms with van der Waals surface area (Å²) < 4.78 is 0. The lowest BCUT2D eigenvalue weighted by Crippen LogP contribution is -2.20. The zero-order valence-corrected chi connectivity index (χ0v) is 8.98. The predicted molar refractivity (Wildman–Crippen MR) is 56.7 cm³/mol. The van der Waals surface area contributed by atoms with Crippen LogP contribution in [-0.4, -0.2) is 22.2 Å². The van der Waals surface area contributed by atoms with Crippen molar-refractivity contribution < 1.29 is 19.8 Å². The van der Waals surface area contributed by atoms with E-state index in [2.05, 4.69) is 6.92 Å². The van der Waals surface area contributed by atoms with Gasteiger partial charge < -0.3 is 10.2 Å². The van der Waals surface area contributed by atoms with Gasteiger partial charge in [-0.05, 0) is 12.8 Å². The van der Waals surface area contributed by atoms with Crippen molar-refractivity contribution in [2.24, 2.45) is 5.92 Å². The molecule has 4 nitrogen and oxygen atoms in total. The Morgan fingerprint density at radius 3 is 2.20 bits per heavy atom. The normalized spacial score (nSPS) is 11.1. The Hall–Kier alpha value is -1.32.